The molecule has 1 saturated carbocycles. The van der Waals surface area contributed by atoms with Crippen LogP contribution >= 0.6 is 0 Å². The van der Waals surface area contributed by atoms with E-state index in [-0.39, 0.29) is 17.8 Å². The van der Waals surface area contributed by atoms with E-state index in [1.807, 2.05) is 0 Å². The van der Waals surface area contributed by atoms with Gasteiger partial charge >= 0.3 is 0 Å². The fraction of sp³-hybridized carbons (Fsp3) is 0.962. The van der Waals surface area contributed by atoms with Gasteiger partial charge < -0.3 is 14.6 Å². The van der Waals surface area contributed by atoms with Gasteiger partial charge in [-0.3, -0.25) is 4.79 Å². The number of Topliss-reactive ketones (excluding diaryl/α,β-unsaturated/α-hetero) is 1. The van der Waals surface area contributed by atoms with Gasteiger partial charge in [0.05, 0.1) is 17.8 Å². The molecular weight excluding hydrogens is 376 g/mol. The molecule has 3 aliphatic rings. The molecule has 1 aliphatic carbocycles. The summed E-state index contributed by atoms with van der Waals surface area (Å²) in [6.45, 7) is 2.27. The predicted molar refractivity (Wildman–Crippen MR) is 120 cm³/mol. The van der Waals surface area contributed by atoms with E-state index >= 15 is 0 Å². The largest absolute Gasteiger partial charge is 0.393 e. The first-order valence-corrected chi connectivity index (χ1v) is 13.1. The number of carbonyl (C=O) groups is 1. The standard InChI is InChI=1S/C26H46O4/c1-2-3-4-5-6-7-8-9-10-11-12-13-24-20-23(28)21-26(29-24)19-18-25(30-26)16-14-22(27)15-17-25/h23-24,28H,2-21H2,1H3/t23-,24-,26-/m1/s1. The summed E-state index contributed by atoms with van der Waals surface area (Å²) in [6, 6.07) is 0. The van der Waals surface area contributed by atoms with E-state index in [1.54, 1.807) is 0 Å². The van der Waals surface area contributed by atoms with Crippen molar-refractivity contribution in [3.8, 4) is 0 Å². The maximum absolute atomic E-state index is 11.6. The van der Waals surface area contributed by atoms with Crippen molar-refractivity contribution in [2.45, 2.75) is 159 Å². The number of aliphatic hydroxyl groups excluding tert-OH is 1. The zero-order valence-corrected chi connectivity index (χ0v) is 19.5. The highest BCUT2D eigenvalue weighted by Gasteiger charge is 2.54. The summed E-state index contributed by atoms with van der Waals surface area (Å²) >= 11 is 0. The number of ketones is 1. The Hall–Kier alpha value is -0.450. The molecule has 2 aliphatic heterocycles. The normalized spacial score (nSPS) is 31.1. The number of hydrogen-bond donors (Lipinski definition) is 1. The molecule has 0 aromatic heterocycles. The summed E-state index contributed by atoms with van der Waals surface area (Å²) in [6.07, 6.45) is 21.8. The molecule has 4 heteroatoms. The SMILES string of the molecule is CCCCCCCCCCCCC[C@@H]1C[C@@H](O)C[C@]2(CCC3(CCC(=O)CC3)O2)O1. The maximum atomic E-state index is 11.6. The highest BCUT2D eigenvalue weighted by molar-refractivity contribution is 5.79. The van der Waals surface area contributed by atoms with Gasteiger partial charge in [-0.15, -0.1) is 0 Å². The molecule has 3 rings (SSSR count). The quantitative estimate of drug-likeness (QED) is 0.359. The monoisotopic (exact) mass is 422 g/mol. The Kier molecular flexibility index (Phi) is 9.65. The molecule has 2 saturated heterocycles. The molecule has 174 valence electrons. The van der Waals surface area contributed by atoms with Gasteiger partial charge in [-0.1, -0.05) is 77.6 Å². The Labute approximate surface area is 184 Å². The third kappa shape index (κ3) is 7.31. The summed E-state index contributed by atoms with van der Waals surface area (Å²) in [5, 5.41) is 10.5. The number of rotatable bonds is 12. The zero-order chi connectivity index (χ0) is 21.3. The van der Waals surface area contributed by atoms with Crippen molar-refractivity contribution in [3.63, 3.8) is 0 Å². The van der Waals surface area contributed by atoms with Crippen molar-refractivity contribution in [1.29, 1.82) is 0 Å². The second-order valence-corrected chi connectivity index (χ2v) is 10.4. The lowest BCUT2D eigenvalue weighted by atomic mass is 9.82. The summed E-state index contributed by atoms with van der Waals surface area (Å²) in [5.74, 6) is -0.232. The molecule has 2 heterocycles. The average molecular weight is 423 g/mol. The van der Waals surface area contributed by atoms with E-state index in [2.05, 4.69) is 6.92 Å². The molecule has 0 bridgehead atoms. The number of unbranched alkanes of at least 4 members (excludes halogenated alkanes) is 10. The van der Waals surface area contributed by atoms with E-state index in [9.17, 15) is 9.90 Å². The molecule has 0 radical (unpaired) electrons. The van der Waals surface area contributed by atoms with Crippen molar-refractivity contribution in [2.24, 2.45) is 0 Å². The first-order valence-electron chi connectivity index (χ1n) is 13.1. The van der Waals surface area contributed by atoms with Crippen LogP contribution in [0.5, 0.6) is 0 Å². The Morgan fingerprint density at radius 1 is 0.867 bits per heavy atom. The number of ether oxygens (including phenoxy) is 2. The fourth-order valence-corrected chi connectivity index (χ4v) is 5.84. The highest BCUT2D eigenvalue weighted by atomic mass is 16.7. The van der Waals surface area contributed by atoms with Gasteiger partial charge in [0, 0.05) is 25.7 Å². The van der Waals surface area contributed by atoms with Gasteiger partial charge in [0.15, 0.2) is 5.79 Å². The van der Waals surface area contributed by atoms with E-state index in [0.717, 1.165) is 38.5 Å². The number of aliphatic hydroxyl groups is 1. The molecule has 3 fully saturated rings. The van der Waals surface area contributed by atoms with Gasteiger partial charge in [0.25, 0.3) is 0 Å². The molecule has 4 nitrogen and oxygen atoms in total. The molecule has 0 aromatic rings. The molecule has 2 spiro atoms. The van der Waals surface area contributed by atoms with Crippen LogP contribution < -0.4 is 0 Å². The van der Waals surface area contributed by atoms with Crippen molar-refractivity contribution >= 4 is 5.78 Å². The van der Waals surface area contributed by atoms with Crippen LogP contribution in [0, 0.1) is 0 Å². The van der Waals surface area contributed by atoms with Gasteiger partial charge in [0.2, 0.25) is 0 Å². The Morgan fingerprint density at radius 3 is 2.10 bits per heavy atom. The topological polar surface area (TPSA) is 55.8 Å². The Morgan fingerprint density at radius 2 is 1.47 bits per heavy atom. The Bertz CT molecular complexity index is 509. The maximum Gasteiger partial charge on any atom is 0.171 e. The first kappa shape index (κ1) is 24.2. The minimum Gasteiger partial charge on any atom is -0.393 e. The molecule has 0 aromatic carbocycles. The van der Waals surface area contributed by atoms with Crippen LogP contribution in [0.1, 0.15) is 135 Å². The van der Waals surface area contributed by atoms with Crippen LogP contribution in [0.4, 0.5) is 0 Å². The van der Waals surface area contributed by atoms with E-state index in [1.165, 1.54) is 70.6 Å². The van der Waals surface area contributed by atoms with Crippen molar-refractivity contribution in [3.05, 3.63) is 0 Å². The summed E-state index contributed by atoms with van der Waals surface area (Å²) < 4.78 is 13.0. The van der Waals surface area contributed by atoms with Gasteiger partial charge in [-0.25, -0.2) is 0 Å². The molecule has 3 atom stereocenters. The lowest BCUT2D eigenvalue weighted by Crippen LogP contribution is -2.48. The van der Waals surface area contributed by atoms with Crippen LogP contribution in [0.3, 0.4) is 0 Å². The molecule has 1 N–H and O–H groups in total. The summed E-state index contributed by atoms with van der Waals surface area (Å²) in [4.78, 5) is 11.6. The Balaban J connectivity index is 1.29. The average Bonchev–Trinajstić information content (AvgIpc) is 3.05. The van der Waals surface area contributed by atoms with E-state index < -0.39 is 5.79 Å². The van der Waals surface area contributed by atoms with Gasteiger partial charge in [0.1, 0.15) is 5.78 Å². The minimum atomic E-state index is -0.597. The third-order valence-electron chi connectivity index (χ3n) is 7.68. The van der Waals surface area contributed by atoms with Gasteiger partial charge in [-0.05, 0) is 32.1 Å². The number of hydrogen-bond acceptors (Lipinski definition) is 4. The lowest BCUT2D eigenvalue weighted by molar-refractivity contribution is -0.306. The second-order valence-electron chi connectivity index (χ2n) is 10.4. The minimum absolute atomic E-state index is 0.118. The van der Waals surface area contributed by atoms with Crippen molar-refractivity contribution in [2.75, 3.05) is 0 Å². The molecule has 30 heavy (non-hydrogen) atoms. The lowest BCUT2D eigenvalue weighted by Gasteiger charge is -2.43. The van der Waals surface area contributed by atoms with Crippen LogP contribution in [0.2, 0.25) is 0 Å². The predicted octanol–water partition coefficient (Wildman–Crippen LogP) is 6.62. The highest BCUT2D eigenvalue weighted by Crippen LogP contribution is 2.50. The van der Waals surface area contributed by atoms with Crippen LogP contribution in [0.25, 0.3) is 0 Å². The van der Waals surface area contributed by atoms with Crippen LogP contribution in [0.15, 0.2) is 0 Å². The van der Waals surface area contributed by atoms with Crippen molar-refractivity contribution in [1.82, 2.24) is 0 Å². The smallest absolute Gasteiger partial charge is 0.171 e. The second kappa shape index (κ2) is 12.0. The van der Waals surface area contributed by atoms with Gasteiger partial charge in [-0.2, -0.15) is 0 Å². The number of carbonyl (C=O) groups excluding carboxylic acids is 1. The van der Waals surface area contributed by atoms with E-state index in [0.29, 0.717) is 25.0 Å². The summed E-state index contributed by atoms with van der Waals surface area (Å²) in [5.41, 5.74) is -0.175. The third-order valence-corrected chi connectivity index (χ3v) is 7.68. The fourth-order valence-electron chi connectivity index (χ4n) is 5.84. The molecule has 0 amide bonds. The first-order chi connectivity index (χ1) is 14.5. The molecular formula is C26H46O4. The van der Waals surface area contributed by atoms with Crippen LogP contribution in [-0.4, -0.2) is 34.5 Å². The molecule has 0 unspecified atom stereocenters. The zero-order valence-electron chi connectivity index (χ0n) is 19.5. The van der Waals surface area contributed by atoms with Crippen LogP contribution in [-0.2, 0) is 14.3 Å². The van der Waals surface area contributed by atoms with E-state index in [4.69, 9.17) is 9.47 Å². The van der Waals surface area contributed by atoms with Crippen molar-refractivity contribution < 1.29 is 19.4 Å². The summed E-state index contributed by atoms with van der Waals surface area (Å²) in [7, 11) is 0.